The highest BCUT2D eigenvalue weighted by molar-refractivity contribution is 5.85. The van der Waals surface area contributed by atoms with Gasteiger partial charge in [0.05, 0.1) is 7.11 Å². The summed E-state index contributed by atoms with van der Waals surface area (Å²) in [5.74, 6) is 2.44. The minimum atomic E-state index is 0. The fourth-order valence-corrected chi connectivity index (χ4v) is 4.23. The van der Waals surface area contributed by atoms with Crippen molar-refractivity contribution in [2.75, 3.05) is 26.7 Å². The number of fused-ring (bicyclic) bond motifs is 3. The van der Waals surface area contributed by atoms with Gasteiger partial charge in [0.2, 0.25) is 0 Å². The van der Waals surface area contributed by atoms with E-state index in [1.807, 2.05) is 6.07 Å². The van der Waals surface area contributed by atoms with Crippen molar-refractivity contribution in [3.05, 3.63) is 59.2 Å². The zero-order valence-corrected chi connectivity index (χ0v) is 18.9. The standard InChI is InChI=1S/C23H30N2O2.2ClH/c1-17-3-5-18(6-4-17)16-27-22-8-7-19(13-23(22)26-2)14-24-21-15-25-11-9-20(21)10-12-25;;/h3-8,13,20-21,24H,9-12,14-16H2,1-2H3;2*1H. The van der Waals surface area contributed by atoms with Gasteiger partial charge in [-0.25, -0.2) is 0 Å². The van der Waals surface area contributed by atoms with Crippen molar-refractivity contribution in [1.82, 2.24) is 10.2 Å². The SMILES string of the molecule is COc1cc(CNC2CN3CCC2CC3)ccc1OCc1ccc(C)cc1.Cl.Cl. The number of halogens is 2. The predicted molar refractivity (Wildman–Crippen MR) is 123 cm³/mol. The van der Waals surface area contributed by atoms with Crippen LogP contribution in [0.1, 0.15) is 29.5 Å². The van der Waals surface area contributed by atoms with Crippen molar-refractivity contribution in [3.63, 3.8) is 0 Å². The van der Waals surface area contributed by atoms with E-state index in [1.54, 1.807) is 7.11 Å². The average Bonchev–Trinajstić information content (AvgIpc) is 2.73. The third-order valence-electron chi connectivity index (χ3n) is 5.97. The lowest BCUT2D eigenvalue weighted by atomic mass is 9.84. The number of rotatable bonds is 7. The summed E-state index contributed by atoms with van der Waals surface area (Å²) in [5, 5.41) is 3.77. The van der Waals surface area contributed by atoms with E-state index < -0.39 is 0 Å². The van der Waals surface area contributed by atoms with Crippen molar-refractivity contribution >= 4 is 24.8 Å². The van der Waals surface area contributed by atoms with Gasteiger partial charge in [0.15, 0.2) is 11.5 Å². The Kier molecular flexibility index (Phi) is 9.09. The molecule has 1 unspecified atom stereocenters. The van der Waals surface area contributed by atoms with E-state index in [4.69, 9.17) is 9.47 Å². The van der Waals surface area contributed by atoms with Crippen molar-refractivity contribution in [1.29, 1.82) is 0 Å². The van der Waals surface area contributed by atoms with E-state index in [-0.39, 0.29) is 24.8 Å². The van der Waals surface area contributed by atoms with Crippen molar-refractivity contribution < 1.29 is 9.47 Å². The van der Waals surface area contributed by atoms with Crippen LogP contribution in [0.15, 0.2) is 42.5 Å². The fourth-order valence-electron chi connectivity index (χ4n) is 4.23. The van der Waals surface area contributed by atoms with Crippen molar-refractivity contribution in [2.45, 2.75) is 39.0 Å². The van der Waals surface area contributed by atoms with E-state index in [2.05, 4.69) is 53.5 Å². The Morgan fingerprint density at radius 3 is 2.28 bits per heavy atom. The second-order valence-electron chi connectivity index (χ2n) is 7.88. The Morgan fingerprint density at radius 2 is 1.66 bits per heavy atom. The molecule has 0 radical (unpaired) electrons. The van der Waals surface area contributed by atoms with Gasteiger partial charge in [0.25, 0.3) is 0 Å². The van der Waals surface area contributed by atoms with Gasteiger partial charge < -0.3 is 19.7 Å². The molecule has 3 aliphatic rings. The smallest absolute Gasteiger partial charge is 0.161 e. The highest BCUT2D eigenvalue weighted by atomic mass is 35.5. The van der Waals surface area contributed by atoms with Crippen molar-refractivity contribution in [2.24, 2.45) is 5.92 Å². The van der Waals surface area contributed by atoms with Crippen LogP contribution in [-0.2, 0) is 13.2 Å². The molecule has 4 nitrogen and oxygen atoms in total. The molecular weight excluding hydrogens is 407 g/mol. The summed E-state index contributed by atoms with van der Waals surface area (Å²) < 4.78 is 11.6. The molecule has 6 heteroatoms. The minimum absolute atomic E-state index is 0. The van der Waals surface area contributed by atoms with Gasteiger partial charge in [-0.2, -0.15) is 0 Å². The first-order valence-electron chi connectivity index (χ1n) is 10.0. The number of methoxy groups -OCH3 is 1. The molecule has 3 heterocycles. The normalized spacial score (nSPS) is 22.3. The molecule has 0 aliphatic carbocycles. The van der Waals surface area contributed by atoms with E-state index in [0.717, 1.165) is 29.5 Å². The van der Waals surface area contributed by atoms with Crippen LogP contribution in [0.4, 0.5) is 0 Å². The van der Waals surface area contributed by atoms with Crippen LogP contribution in [-0.4, -0.2) is 37.7 Å². The zero-order valence-electron chi connectivity index (χ0n) is 17.2. The summed E-state index contributed by atoms with van der Waals surface area (Å²) in [6.07, 6.45) is 2.68. The van der Waals surface area contributed by atoms with Crippen LogP contribution in [0.5, 0.6) is 11.5 Å². The van der Waals surface area contributed by atoms with E-state index in [0.29, 0.717) is 12.6 Å². The number of benzene rings is 2. The molecule has 0 saturated carbocycles. The van der Waals surface area contributed by atoms with Crippen LogP contribution in [0.2, 0.25) is 0 Å². The molecule has 3 saturated heterocycles. The number of nitrogens with zero attached hydrogens (tertiary/aromatic N) is 1. The number of hydrogen-bond donors (Lipinski definition) is 1. The summed E-state index contributed by atoms with van der Waals surface area (Å²) >= 11 is 0. The summed E-state index contributed by atoms with van der Waals surface area (Å²) in [5.41, 5.74) is 3.66. The van der Waals surface area contributed by atoms with E-state index in [9.17, 15) is 0 Å². The summed E-state index contributed by atoms with van der Waals surface area (Å²) in [7, 11) is 1.71. The van der Waals surface area contributed by atoms with Crippen LogP contribution >= 0.6 is 24.8 Å². The maximum absolute atomic E-state index is 5.99. The lowest BCUT2D eigenvalue weighted by molar-refractivity contribution is 0.0720. The Balaban J connectivity index is 0.00000150. The molecule has 160 valence electrons. The molecule has 2 aromatic carbocycles. The van der Waals surface area contributed by atoms with Crippen molar-refractivity contribution in [3.8, 4) is 11.5 Å². The van der Waals surface area contributed by atoms with Gasteiger partial charge in [-0.05, 0) is 62.0 Å². The molecule has 0 aromatic heterocycles. The third-order valence-corrected chi connectivity index (χ3v) is 5.97. The van der Waals surface area contributed by atoms with Crippen LogP contribution in [0.25, 0.3) is 0 Å². The first-order chi connectivity index (χ1) is 13.2. The molecule has 29 heavy (non-hydrogen) atoms. The number of ether oxygens (including phenoxy) is 2. The largest absolute Gasteiger partial charge is 0.493 e. The second kappa shape index (κ2) is 11.1. The molecule has 2 aromatic rings. The topological polar surface area (TPSA) is 33.7 Å². The average molecular weight is 439 g/mol. The first kappa shape index (κ1) is 23.8. The summed E-state index contributed by atoms with van der Waals surface area (Å²) in [6, 6.07) is 15.3. The van der Waals surface area contributed by atoms with Gasteiger partial charge in [-0.3, -0.25) is 0 Å². The minimum Gasteiger partial charge on any atom is -0.493 e. The number of nitrogens with one attached hydrogen (secondary N) is 1. The van der Waals surface area contributed by atoms with Gasteiger partial charge in [0, 0.05) is 19.1 Å². The Bertz CT molecular complexity index is 762. The predicted octanol–water partition coefficient (Wildman–Crippen LogP) is 4.61. The van der Waals surface area contributed by atoms with E-state index in [1.165, 1.54) is 43.6 Å². The van der Waals surface area contributed by atoms with Gasteiger partial charge in [-0.1, -0.05) is 35.9 Å². The first-order valence-corrected chi connectivity index (χ1v) is 10.0. The van der Waals surface area contributed by atoms with Gasteiger partial charge >= 0.3 is 0 Å². The third kappa shape index (κ3) is 6.02. The number of piperidine rings is 3. The summed E-state index contributed by atoms with van der Waals surface area (Å²) in [6.45, 7) is 7.28. The highest BCUT2D eigenvalue weighted by Gasteiger charge is 2.33. The van der Waals surface area contributed by atoms with E-state index >= 15 is 0 Å². The molecule has 2 bridgehead atoms. The molecule has 1 atom stereocenters. The molecule has 0 spiro atoms. The lowest BCUT2D eigenvalue weighted by Crippen LogP contribution is -2.55. The molecular formula is C23H32Cl2N2O2. The molecule has 5 rings (SSSR count). The lowest BCUT2D eigenvalue weighted by Gasteiger charge is -2.45. The molecule has 1 N–H and O–H groups in total. The Labute approximate surface area is 186 Å². The quantitative estimate of drug-likeness (QED) is 0.683. The Hall–Kier alpha value is -1.46. The zero-order chi connectivity index (χ0) is 18.6. The maximum atomic E-state index is 5.99. The van der Waals surface area contributed by atoms with Gasteiger partial charge in [-0.15, -0.1) is 24.8 Å². The monoisotopic (exact) mass is 438 g/mol. The second-order valence-corrected chi connectivity index (χ2v) is 7.88. The maximum Gasteiger partial charge on any atom is 0.161 e. The molecule has 3 fully saturated rings. The molecule has 0 amide bonds. The molecule has 3 aliphatic heterocycles. The van der Waals surface area contributed by atoms with Crippen LogP contribution in [0.3, 0.4) is 0 Å². The van der Waals surface area contributed by atoms with Gasteiger partial charge in [0.1, 0.15) is 6.61 Å². The number of hydrogen-bond acceptors (Lipinski definition) is 4. The summed E-state index contributed by atoms with van der Waals surface area (Å²) in [4.78, 5) is 2.58. The number of aryl methyl sites for hydroxylation is 1. The highest BCUT2D eigenvalue weighted by Crippen LogP contribution is 2.30. The Morgan fingerprint density at radius 1 is 0.966 bits per heavy atom. The van der Waals surface area contributed by atoms with Crippen LogP contribution in [0, 0.1) is 12.8 Å². The fraction of sp³-hybridized carbons (Fsp3) is 0.478. The van der Waals surface area contributed by atoms with Crippen LogP contribution < -0.4 is 14.8 Å².